The van der Waals surface area contributed by atoms with E-state index in [4.69, 9.17) is 4.98 Å². The fourth-order valence-corrected chi connectivity index (χ4v) is 7.16. The first-order valence-electron chi connectivity index (χ1n) is 12.6. The Hall–Kier alpha value is -4.17. The van der Waals surface area contributed by atoms with Crippen LogP contribution < -0.4 is 4.90 Å². The molecule has 3 heterocycles. The van der Waals surface area contributed by atoms with Crippen molar-refractivity contribution in [2.75, 3.05) is 4.90 Å². The van der Waals surface area contributed by atoms with Crippen LogP contribution in [0, 0.1) is 0 Å². The Morgan fingerprint density at radius 3 is 2.06 bits per heavy atom. The molecule has 0 fully saturated rings. The third kappa shape index (κ3) is 2.23. The predicted octanol–water partition coefficient (Wildman–Crippen LogP) is 7.50. The molecule has 1 aromatic heterocycles. The van der Waals surface area contributed by atoms with Crippen LogP contribution >= 0.6 is 0 Å². The minimum Gasteiger partial charge on any atom is -0.294 e. The molecule has 4 aliphatic rings. The molecule has 0 amide bonds. The Kier molecular flexibility index (Phi) is 3.27. The molecule has 9 rings (SSSR count). The van der Waals surface area contributed by atoms with Gasteiger partial charge in [0.05, 0.1) is 11.4 Å². The zero-order valence-electron chi connectivity index (χ0n) is 19.3. The van der Waals surface area contributed by atoms with Gasteiger partial charge in [-0.2, -0.15) is 0 Å². The first-order valence-corrected chi connectivity index (χ1v) is 12.6. The van der Waals surface area contributed by atoms with Crippen molar-refractivity contribution in [2.24, 2.45) is 0 Å². The van der Waals surface area contributed by atoms with Crippen LogP contribution in [0.5, 0.6) is 0 Å². The second-order valence-electron chi connectivity index (χ2n) is 10.3. The van der Waals surface area contributed by atoms with E-state index in [1.54, 1.807) is 0 Å². The minimum absolute atomic E-state index is 0.948. The molecule has 2 nitrogen and oxygen atoms in total. The Balaban J connectivity index is 1.35. The van der Waals surface area contributed by atoms with Gasteiger partial charge in [0.1, 0.15) is 5.82 Å². The molecule has 0 bridgehead atoms. The van der Waals surface area contributed by atoms with Crippen molar-refractivity contribution in [2.45, 2.75) is 25.7 Å². The maximum Gasteiger partial charge on any atom is 0.141 e. The van der Waals surface area contributed by atoms with E-state index in [0.717, 1.165) is 31.5 Å². The van der Waals surface area contributed by atoms with Gasteiger partial charge in [0, 0.05) is 19.0 Å². The molecular weight excluding hydrogens is 424 g/mol. The lowest BCUT2D eigenvalue weighted by atomic mass is 9.81. The van der Waals surface area contributed by atoms with E-state index in [0.29, 0.717) is 0 Å². The van der Waals surface area contributed by atoms with Gasteiger partial charge in [-0.25, -0.2) is 4.98 Å². The van der Waals surface area contributed by atoms with Crippen LogP contribution in [-0.2, 0) is 25.7 Å². The zero-order valence-corrected chi connectivity index (χ0v) is 19.3. The maximum absolute atomic E-state index is 4.94. The molecule has 0 saturated carbocycles. The summed E-state index contributed by atoms with van der Waals surface area (Å²) in [5, 5.41) is 0. The highest BCUT2D eigenvalue weighted by atomic mass is 15.2. The zero-order chi connectivity index (χ0) is 22.7. The van der Waals surface area contributed by atoms with Gasteiger partial charge in [0.25, 0.3) is 0 Å². The van der Waals surface area contributed by atoms with E-state index in [1.165, 1.54) is 78.1 Å². The number of hydrogen-bond acceptors (Lipinski definition) is 2. The van der Waals surface area contributed by atoms with Crippen molar-refractivity contribution in [3.05, 3.63) is 130 Å². The Labute approximate surface area is 204 Å². The lowest BCUT2D eigenvalue weighted by Crippen LogP contribution is -2.27. The topological polar surface area (TPSA) is 16.1 Å². The van der Waals surface area contributed by atoms with E-state index in [1.807, 2.05) is 6.20 Å². The second-order valence-corrected chi connectivity index (χ2v) is 10.3. The first kappa shape index (κ1) is 18.2. The van der Waals surface area contributed by atoms with E-state index in [-0.39, 0.29) is 0 Å². The van der Waals surface area contributed by atoms with Gasteiger partial charge in [0.15, 0.2) is 0 Å². The summed E-state index contributed by atoms with van der Waals surface area (Å²) in [6.07, 6.45) is 5.95. The van der Waals surface area contributed by atoms with Crippen LogP contribution in [0.2, 0.25) is 0 Å². The molecule has 164 valence electrons. The summed E-state index contributed by atoms with van der Waals surface area (Å²) in [5.41, 5.74) is 20.1. The SMILES string of the molecule is c1ccc2c(c1)Cc1c-2ccc2c1Cc1c3c(cc4c1N2c1ncccc1C4)-c1ccccc1C3. The quantitative estimate of drug-likeness (QED) is 0.240. The van der Waals surface area contributed by atoms with E-state index >= 15 is 0 Å². The highest BCUT2D eigenvalue weighted by Gasteiger charge is 2.38. The van der Waals surface area contributed by atoms with Crippen molar-refractivity contribution in [3.63, 3.8) is 0 Å². The predicted molar refractivity (Wildman–Crippen MR) is 141 cm³/mol. The monoisotopic (exact) mass is 446 g/mol. The number of hydrogen-bond donors (Lipinski definition) is 0. The van der Waals surface area contributed by atoms with Crippen molar-refractivity contribution in [3.8, 4) is 22.3 Å². The largest absolute Gasteiger partial charge is 0.294 e. The summed E-state index contributed by atoms with van der Waals surface area (Å²) >= 11 is 0. The van der Waals surface area contributed by atoms with E-state index in [9.17, 15) is 0 Å². The lowest BCUT2D eigenvalue weighted by Gasteiger charge is -2.40. The van der Waals surface area contributed by atoms with Gasteiger partial charge < -0.3 is 0 Å². The van der Waals surface area contributed by atoms with Gasteiger partial charge >= 0.3 is 0 Å². The van der Waals surface area contributed by atoms with Crippen LogP contribution in [0.3, 0.4) is 0 Å². The second kappa shape index (κ2) is 6.28. The molecule has 0 atom stereocenters. The van der Waals surface area contributed by atoms with Gasteiger partial charge in [-0.3, -0.25) is 4.90 Å². The maximum atomic E-state index is 4.94. The van der Waals surface area contributed by atoms with Crippen LogP contribution in [0.4, 0.5) is 17.2 Å². The van der Waals surface area contributed by atoms with Crippen LogP contribution in [0.25, 0.3) is 22.3 Å². The van der Waals surface area contributed by atoms with E-state index < -0.39 is 0 Å². The van der Waals surface area contributed by atoms with E-state index in [2.05, 4.69) is 83.8 Å². The fraction of sp³-hybridized carbons (Fsp3) is 0.121. The van der Waals surface area contributed by atoms with Crippen LogP contribution in [0.15, 0.2) is 85.1 Å². The molecule has 0 radical (unpaired) electrons. The number of fused-ring (bicyclic) bond motifs is 12. The van der Waals surface area contributed by atoms with Crippen molar-refractivity contribution >= 4 is 17.2 Å². The highest BCUT2D eigenvalue weighted by Crippen LogP contribution is 2.56. The van der Waals surface area contributed by atoms with Gasteiger partial charge in [0.2, 0.25) is 0 Å². The van der Waals surface area contributed by atoms with Gasteiger partial charge in [-0.15, -0.1) is 0 Å². The molecule has 2 aliphatic heterocycles. The number of rotatable bonds is 0. The molecule has 35 heavy (non-hydrogen) atoms. The van der Waals surface area contributed by atoms with Crippen molar-refractivity contribution in [1.29, 1.82) is 0 Å². The summed E-state index contributed by atoms with van der Waals surface area (Å²) in [4.78, 5) is 7.43. The molecule has 0 unspecified atom stereocenters. The Morgan fingerprint density at radius 1 is 0.514 bits per heavy atom. The molecule has 5 aromatic rings. The van der Waals surface area contributed by atoms with Gasteiger partial charge in [-0.1, -0.05) is 60.7 Å². The molecule has 2 aliphatic carbocycles. The Morgan fingerprint density at radius 2 is 1.23 bits per heavy atom. The fourth-order valence-electron chi connectivity index (χ4n) is 7.16. The molecule has 0 saturated heterocycles. The smallest absolute Gasteiger partial charge is 0.141 e. The van der Waals surface area contributed by atoms with Crippen LogP contribution in [-0.4, -0.2) is 4.98 Å². The number of anilines is 3. The summed E-state index contributed by atoms with van der Waals surface area (Å²) < 4.78 is 0. The molecule has 0 spiro atoms. The molecular formula is C33H22N2. The number of aromatic nitrogens is 1. The summed E-state index contributed by atoms with van der Waals surface area (Å²) in [6, 6.07) is 29.4. The number of benzene rings is 4. The third-order valence-electron chi connectivity index (χ3n) is 8.63. The highest BCUT2D eigenvalue weighted by molar-refractivity contribution is 5.95. The first-order chi connectivity index (χ1) is 17.3. The van der Waals surface area contributed by atoms with Gasteiger partial charge in [-0.05, 0) is 97.8 Å². The average molecular weight is 447 g/mol. The summed E-state index contributed by atoms with van der Waals surface area (Å²) in [6.45, 7) is 0. The standard InChI is InChI=1S/C33H22N2/c1-3-9-23-19(6-1)15-27-25(23)11-12-31-29(27)18-30-28-16-20-7-2-4-10-24(20)26(28)17-22-14-21-8-5-13-34-33(21)35(31)32(22)30/h1-13,17H,14-16,18H2. The third-order valence-corrected chi connectivity index (χ3v) is 8.63. The average Bonchev–Trinajstić information content (AvgIpc) is 3.47. The molecule has 2 heteroatoms. The Bertz CT molecular complexity index is 1760. The number of nitrogens with zero attached hydrogens (tertiary/aromatic N) is 2. The normalized spacial score (nSPS) is 14.9. The minimum atomic E-state index is 0.948. The number of pyridine rings is 1. The van der Waals surface area contributed by atoms with Crippen LogP contribution in [0.1, 0.15) is 44.5 Å². The lowest BCUT2D eigenvalue weighted by molar-refractivity contribution is 0.959. The summed E-state index contributed by atoms with van der Waals surface area (Å²) in [5.74, 6) is 1.10. The molecule has 0 N–H and O–H groups in total. The summed E-state index contributed by atoms with van der Waals surface area (Å²) in [7, 11) is 0. The van der Waals surface area contributed by atoms with Crippen molar-refractivity contribution < 1.29 is 0 Å². The molecule has 4 aromatic carbocycles. The van der Waals surface area contributed by atoms with Crippen molar-refractivity contribution in [1.82, 2.24) is 4.98 Å².